The molecule has 0 bridgehead atoms. The van der Waals surface area contributed by atoms with E-state index >= 15 is 0 Å². The predicted molar refractivity (Wildman–Crippen MR) is 63.4 cm³/mol. The molecule has 0 aliphatic heterocycles. The van der Waals surface area contributed by atoms with Gasteiger partial charge in [0.2, 0.25) is 0 Å². The lowest BCUT2D eigenvalue weighted by Gasteiger charge is -2.09. The summed E-state index contributed by atoms with van der Waals surface area (Å²) in [6.07, 6.45) is 6.93. The first kappa shape index (κ1) is 11.0. The van der Waals surface area contributed by atoms with Gasteiger partial charge < -0.3 is 0 Å². The first-order chi connectivity index (χ1) is 6.83. The Balaban J connectivity index is 2.23. The Morgan fingerprint density at radius 2 is 1.93 bits per heavy atom. The molecule has 0 amide bonds. The van der Waals surface area contributed by atoms with Crippen molar-refractivity contribution in [3.63, 3.8) is 0 Å². The highest BCUT2D eigenvalue weighted by Crippen LogP contribution is 2.14. The van der Waals surface area contributed by atoms with E-state index in [4.69, 9.17) is 0 Å². The standard InChI is InChI=1S/C14H20/c1-3-4-8-13(2)11-12-14-9-6-5-7-10-14/h3,5-7,9-10,13H,1,4,8,11-12H2,2H3. The van der Waals surface area contributed by atoms with Crippen molar-refractivity contribution in [1.82, 2.24) is 0 Å². The first-order valence-electron chi connectivity index (χ1n) is 5.47. The maximum Gasteiger partial charge on any atom is -0.0276 e. The van der Waals surface area contributed by atoms with Crippen LogP contribution in [0.3, 0.4) is 0 Å². The molecule has 0 nitrogen and oxygen atoms in total. The quantitative estimate of drug-likeness (QED) is 0.586. The van der Waals surface area contributed by atoms with Gasteiger partial charge in [-0.2, -0.15) is 0 Å². The van der Waals surface area contributed by atoms with Gasteiger partial charge in [0.05, 0.1) is 0 Å². The van der Waals surface area contributed by atoms with Crippen molar-refractivity contribution in [3.05, 3.63) is 48.6 Å². The topological polar surface area (TPSA) is 0 Å². The van der Waals surface area contributed by atoms with Crippen LogP contribution in [0.5, 0.6) is 0 Å². The lowest BCUT2D eigenvalue weighted by atomic mass is 9.97. The Morgan fingerprint density at radius 3 is 2.57 bits per heavy atom. The smallest absolute Gasteiger partial charge is 0.0276 e. The van der Waals surface area contributed by atoms with Gasteiger partial charge in [-0.05, 0) is 37.2 Å². The maximum absolute atomic E-state index is 3.75. The molecule has 1 aromatic carbocycles. The molecule has 0 aliphatic carbocycles. The second kappa shape index (κ2) is 6.42. The van der Waals surface area contributed by atoms with Crippen LogP contribution in [0.15, 0.2) is 43.0 Å². The minimum atomic E-state index is 0.813. The van der Waals surface area contributed by atoms with Crippen LogP contribution in [-0.4, -0.2) is 0 Å². The third-order valence-electron chi connectivity index (χ3n) is 2.63. The van der Waals surface area contributed by atoms with Gasteiger partial charge in [-0.15, -0.1) is 6.58 Å². The van der Waals surface area contributed by atoms with E-state index in [0.717, 1.165) is 12.3 Å². The number of benzene rings is 1. The summed E-state index contributed by atoms with van der Waals surface area (Å²) in [7, 11) is 0. The van der Waals surface area contributed by atoms with E-state index in [2.05, 4.69) is 43.8 Å². The van der Waals surface area contributed by atoms with E-state index in [1.807, 2.05) is 6.08 Å². The molecule has 0 fully saturated rings. The molecule has 1 rings (SSSR count). The van der Waals surface area contributed by atoms with Gasteiger partial charge in [0, 0.05) is 0 Å². The Morgan fingerprint density at radius 1 is 1.21 bits per heavy atom. The summed E-state index contributed by atoms with van der Waals surface area (Å²) in [5, 5.41) is 0. The van der Waals surface area contributed by atoms with Crippen LogP contribution in [0, 0.1) is 5.92 Å². The molecule has 0 heteroatoms. The Hall–Kier alpha value is -1.04. The van der Waals surface area contributed by atoms with Crippen molar-refractivity contribution >= 4 is 0 Å². The highest BCUT2D eigenvalue weighted by molar-refractivity contribution is 5.14. The van der Waals surface area contributed by atoms with E-state index in [1.54, 1.807) is 0 Å². The summed E-state index contributed by atoms with van der Waals surface area (Å²) in [5.41, 5.74) is 1.46. The van der Waals surface area contributed by atoms with Crippen LogP contribution in [0.1, 0.15) is 31.7 Å². The van der Waals surface area contributed by atoms with Crippen molar-refractivity contribution in [1.29, 1.82) is 0 Å². The molecule has 1 unspecified atom stereocenters. The molecule has 0 aromatic heterocycles. The van der Waals surface area contributed by atoms with Gasteiger partial charge in [0.15, 0.2) is 0 Å². The van der Waals surface area contributed by atoms with E-state index in [0.29, 0.717) is 0 Å². The highest BCUT2D eigenvalue weighted by atomic mass is 14.1. The zero-order chi connectivity index (χ0) is 10.2. The molecule has 0 heterocycles. The van der Waals surface area contributed by atoms with Crippen molar-refractivity contribution in [2.75, 3.05) is 0 Å². The number of allylic oxidation sites excluding steroid dienone is 1. The van der Waals surface area contributed by atoms with Crippen LogP contribution in [-0.2, 0) is 6.42 Å². The molecule has 1 aromatic rings. The van der Waals surface area contributed by atoms with Crippen LogP contribution in [0.2, 0.25) is 0 Å². The fraction of sp³-hybridized carbons (Fsp3) is 0.429. The Kier molecular flexibility index (Phi) is 5.06. The van der Waals surface area contributed by atoms with Crippen LogP contribution in [0.4, 0.5) is 0 Å². The number of hydrogen-bond donors (Lipinski definition) is 0. The summed E-state index contributed by atoms with van der Waals surface area (Å²) in [4.78, 5) is 0. The van der Waals surface area contributed by atoms with Crippen LogP contribution in [0.25, 0.3) is 0 Å². The number of aryl methyl sites for hydroxylation is 1. The van der Waals surface area contributed by atoms with Gasteiger partial charge in [0.1, 0.15) is 0 Å². The highest BCUT2D eigenvalue weighted by Gasteiger charge is 2.00. The second-order valence-corrected chi connectivity index (χ2v) is 4.00. The third kappa shape index (κ3) is 4.27. The summed E-state index contributed by atoms with van der Waals surface area (Å²) in [6.45, 7) is 6.08. The summed E-state index contributed by atoms with van der Waals surface area (Å²) in [5.74, 6) is 0.813. The molecule has 14 heavy (non-hydrogen) atoms. The molecule has 1 atom stereocenters. The van der Waals surface area contributed by atoms with Crippen molar-refractivity contribution < 1.29 is 0 Å². The molecular formula is C14H20. The SMILES string of the molecule is C=CCCC(C)CCc1ccccc1. The lowest BCUT2D eigenvalue weighted by molar-refractivity contribution is 0.497. The molecule has 0 radical (unpaired) electrons. The van der Waals surface area contributed by atoms with Crippen LogP contribution >= 0.6 is 0 Å². The molecule has 0 saturated carbocycles. The predicted octanol–water partition coefficient (Wildman–Crippen LogP) is 4.22. The molecule has 0 saturated heterocycles. The van der Waals surface area contributed by atoms with Crippen molar-refractivity contribution in [2.24, 2.45) is 5.92 Å². The zero-order valence-electron chi connectivity index (χ0n) is 9.08. The third-order valence-corrected chi connectivity index (χ3v) is 2.63. The lowest BCUT2D eigenvalue weighted by Crippen LogP contribution is -1.96. The molecule has 0 aliphatic rings. The van der Waals surface area contributed by atoms with Gasteiger partial charge in [-0.1, -0.05) is 43.3 Å². The Bertz CT molecular complexity index is 248. The van der Waals surface area contributed by atoms with Gasteiger partial charge in [-0.3, -0.25) is 0 Å². The fourth-order valence-electron chi connectivity index (χ4n) is 1.60. The van der Waals surface area contributed by atoms with Crippen molar-refractivity contribution in [2.45, 2.75) is 32.6 Å². The van der Waals surface area contributed by atoms with Gasteiger partial charge in [0.25, 0.3) is 0 Å². The van der Waals surface area contributed by atoms with Crippen molar-refractivity contribution in [3.8, 4) is 0 Å². The number of hydrogen-bond acceptors (Lipinski definition) is 0. The van der Waals surface area contributed by atoms with E-state index < -0.39 is 0 Å². The summed E-state index contributed by atoms with van der Waals surface area (Å²) >= 11 is 0. The van der Waals surface area contributed by atoms with Gasteiger partial charge in [-0.25, -0.2) is 0 Å². The largest absolute Gasteiger partial charge is 0.103 e. The summed E-state index contributed by atoms with van der Waals surface area (Å²) in [6, 6.07) is 10.7. The van der Waals surface area contributed by atoms with E-state index in [-0.39, 0.29) is 0 Å². The molecule has 0 spiro atoms. The number of rotatable bonds is 6. The minimum absolute atomic E-state index is 0.813. The van der Waals surface area contributed by atoms with Crippen LogP contribution < -0.4 is 0 Å². The van der Waals surface area contributed by atoms with Gasteiger partial charge >= 0.3 is 0 Å². The normalized spacial score (nSPS) is 12.4. The monoisotopic (exact) mass is 188 g/mol. The minimum Gasteiger partial charge on any atom is -0.103 e. The molecule has 0 N–H and O–H groups in total. The second-order valence-electron chi connectivity index (χ2n) is 4.00. The van der Waals surface area contributed by atoms with E-state index in [1.165, 1.54) is 24.8 Å². The zero-order valence-corrected chi connectivity index (χ0v) is 9.08. The summed E-state index contributed by atoms with van der Waals surface area (Å²) < 4.78 is 0. The first-order valence-corrected chi connectivity index (χ1v) is 5.47. The Labute approximate surface area is 87.7 Å². The molecular weight excluding hydrogens is 168 g/mol. The molecule has 76 valence electrons. The van der Waals surface area contributed by atoms with E-state index in [9.17, 15) is 0 Å². The average molecular weight is 188 g/mol. The average Bonchev–Trinajstić information content (AvgIpc) is 2.25. The fourth-order valence-corrected chi connectivity index (χ4v) is 1.60. The maximum atomic E-state index is 3.75.